The number of thiazole rings is 1. The lowest BCUT2D eigenvalue weighted by molar-refractivity contribution is 0.267. The van der Waals surface area contributed by atoms with Gasteiger partial charge in [0.1, 0.15) is 5.01 Å². The molecule has 1 aromatic heterocycles. The lowest BCUT2D eigenvalue weighted by Gasteiger charge is -2.32. The fraction of sp³-hybridized carbons (Fsp3) is 0.303. The maximum absolute atomic E-state index is 4.99. The molecule has 0 aliphatic heterocycles. The first-order valence-corrected chi connectivity index (χ1v) is 13.8. The van der Waals surface area contributed by atoms with Gasteiger partial charge in [-0.3, -0.25) is 0 Å². The van der Waals surface area contributed by atoms with Gasteiger partial charge in [-0.15, -0.1) is 11.3 Å². The van der Waals surface area contributed by atoms with Crippen LogP contribution in [0.3, 0.4) is 0 Å². The number of nitrogens with zero attached hydrogens (tertiary/aromatic N) is 2. The molecule has 0 bridgehead atoms. The summed E-state index contributed by atoms with van der Waals surface area (Å²) in [6, 6.07) is 25.9. The topological polar surface area (TPSA) is 16.1 Å². The molecule has 1 heterocycles. The van der Waals surface area contributed by atoms with E-state index in [9.17, 15) is 0 Å². The second kappa shape index (κ2) is 9.37. The number of para-hydroxylation sites is 1. The number of aryl methyl sites for hydroxylation is 1. The minimum absolute atomic E-state index is 0.173. The van der Waals surface area contributed by atoms with Crippen LogP contribution in [0.25, 0.3) is 20.8 Å². The largest absolute Gasteiger partial charge is 0.310 e. The third-order valence-electron chi connectivity index (χ3n) is 8.49. The van der Waals surface area contributed by atoms with Crippen LogP contribution in [0.15, 0.2) is 95.7 Å². The summed E-state index contributed by atoms with van der Waals surface area (Å²) in [5.41, 5.74) is 10.3. The van der Waals surface area contributed by atoms with E-state index in [4.69, 9.17) is 4.98 Å². The first-order chi connectivity index (χ1) is 17.2. The fourth-order valence-electron chi connectivity index (χ4n) is 5.73. The van der Waals surface area contributed by atoms with Crippen molar-refractivity contribution in [2.75, 3.05) is 4.90 Å². The highest BCUT2D eigenvalue weighted by molar-refractivity contribution is 7.21. The van der Waals surface area contributed by atoms with Crippen molar-refractivity contribution in [1.29, 1.82) is 0 Å². The van der Waals surface area contributed by atoms with Gasteiger partial charge in [-0.1, -0.05) is 87.9 Å². The van der Waals surface area contributed by atoms with Crippen LogP contribution in [0.4, 0.5) is 11.4 Å². The van der Waals surface area contributed by atoms with Crippen molar-refractivity contribution in [2.45, 2.75) is 48.5 Å². The lowest BCUT2D eigenvalue weighted by atomic mass is 9.76. The van der Waals surface area contributed by atoms with Gasteiger partial charge in [0.05, 0.1) is 15.9 Å². The van der Waals surface area contributed by atoms with Gasteiger partial charge in [0.2, 0.25) is 0 Å². The second-order valence-electron chi connectivity index (χ2n) is 10.7. The van der Waals surface area contributed by atoms with E-state index in [2.05, 4.69) is 132 Å². The molecule has 0 saturated carbocycles. The Hall–Kier alpha value is -3.17. The molecule has 2 nitrogen and oxygen atoms in total. The van der Waals surface area contributed by atoms with E-state index in [0.717, 1.165) is 10.5 Å². The molecule has 1 aliphatic carbocycles. The molecular formula is C33H36N2S. The maximum atomic E-state index is 4.99. The molecular weight excluding hydrogens is 456 g/mol. The SMILES string of the molecule is C/C=C(/C1=C(C)C(C)(C)C(C)[C@H]1C)N(c1ccccc1)c1cc2sc(-c3ccccc3)nc2cc1C. The van der Waals surface area contributed by atoms with Crippen LogP contribution in [0.2, 0.25) is 0 Å². The number of fused-ring (bicyclic) bond motifs is 1. The first kappa shape index (κ1) is 24.5. The summed E-state index contributed by atoms with van der Waals surface area (Å²) in [5, 5.41) is 1.07. The van der Waals surface area contributed by atoms with Gasteiger partial charge in [0, 0.05) is 16.9 Å². The van der Waals surface area contributed by atoms with Crippen molar-refractivity contribution < 1.29 is 0 Å². The Balaban J connectivity index is 1.71. The highest BCUT2D eigenvalue weighted by atomic mass is 32.1. The van der Waals surface area contributed by atoms with Gasteiger partial charge in [0.25, 0.3) is 0 Å². The first-order valence-electron chi connectivity index (χ1n) is 12.9. The van der Waals surface area contributed by atoms with E-state index in [1.54, 1.807) is 11.3 Å². The van der Waals surface area contributed by atoms with Crippen LogP contribution in [0.1, 0.15) is 47.1 Å². The molecule has 0 fully saturated rings. The van der Waals surface area contributed by atoms with Gasteiger partial charge in [0.15, 0.2) is 0 Å². The number of hydrogen-bond donors (Lipinski definition) is 0. The van der Waals surface area contributed by atoms with E-state index >= 15 is 0 Å². The summed E-state index contributed by atoms with van der Waals surface area (Å²) in [4.78, 5) is 7.46. The molecule has 36 heavy (non-hydrogen) atoms. The second-order valence-corrected chi connectivity index (χ2v) is 11.7. The molecule has 2 atom stereocenters. The summed E-state index contributed by atoms with van der Waals surface area (Å²) < 4.78 is 1.21. The normalized spacial score (nSPS) is 19.8. The zero-order valence-electron chi connectivity index (χ0n) is 22.5. The van der Waals surface area contributed by atoms with Crippen molar-refractivity contribution >= 4 is 32.9 Å². The quantitative estimate of drug-likeness (QED) is 0.275. The van der Waals surface area contributed by atoms with Gasteiger partial charge < -0.3 is 4.90 Å². The van der Waals surface area contributed by atoms with Crippen molar-refractivity contribution in [3.8, 4) is 10.6 Å². The molecule has 184 valence electrons. The molecule has 5 rings (SSSR count). The van der Waals surface area contributed by atoms with Crippen LogP contribution in [-0.4, -0.2) is 4.98 Å². The zero-order chi connectivity index (χ0) is 25.6. The van der Waals surface area contributed by atoms with Crippen LogP contribution in [0.5, 0.6) is 0 Å². The molecule has 0 amide bonds. The number of rotatable bonds is 5. The van der Waals surface area contributed by atoms with Gasteiger partial charge in [-0.25, -0.2) is 4.98 Å². The summed E-state index contributed by atoms with van der Waals surface area (Å²) in [6.07, 6.45) is 2.31. The third-order valence-corrected chi connectivity index (χ3v) is 9.55. The molecule has 0 saturated heterocycles. The van der Waals surface area contributed by atoms with Crippen molar-refractivity contribution in [3.63, 3.8) is 0 Å². The van der Waals surface area contributed by atoms with Crippen LogP contribution in [0, 0.1) is 24.2 Å². The Morgan fingerprint density at radius 2 is 1.58 bits per heavy atom. The molecule has 1 unspecified atom stereocenters. The fourth-order valence-corrected chi connectivity index (χ4v) is 6.72. The molecule has 0 radical (unpaired) electrons. The minimum Gasteiger partial charge on any atom is -0.310 e. The molecule has 0 spiro atoms. The number of benzene rings is 3. The lowest BCUT2D eigenvalue weighted by Crippen LogP contribution is -2.22. The molecule has 0 N–H and O–H groups in total. The van der Waals surface area contributed by atoms with Crippen LogP contribution in [-0.2, 0) is 0 Å². The highest BCUT2D eigenvalue weighted by Crippen LogP contribution is 2.54. The Morgan fingerprint density at radius 1 is 0.944 bits per heavy atom. The number of aromatic nitrogens is 1. The molecule has 3 aromatic carbocycles. The Kier molecular flexibility index (Phi) is 6.38. The van der Waals surface area contributed by atoms with E-state index < -0.39 is 0 Å². The highest BCUT2D eigenvalue weighted by Gasteiger charge is 2.43. The Morgan fingerprint density at radius 3 is 2.17 bits per heavy atom. The zero-order valence-corrected chi connectivity index (χ0v) is 23.3. The number of allylic oxidation sites excluding steroid dienone is 3. The summed E-state index contributed by atoms with van der Waals surface area (Å²) >= 11 is 1.77. The molecule has 4 aromatic rings. The average Bonchev–Trinajstić information content (AvgIpc) is 3.36. The summed E-state index contributed by atoms with van der Waals surface area (Å²) in [6.45, 7) is 16.3. The Bertz CT molecular complexity index is 1460. The van der Waals surface area contributed by atoms with Gasteiger partial charge >= 0.3 is 0 Å². The van der Waals surface area contributed by atoms with Crippen molar-refractivity contribution in [2.24, 2.45) is 17.3 Å². The van der Waals surface area contributed by atoms with E-state index in [-0.39, 0.29) is 5.41 Å². The van der Waals surface area contributed by atoms with E-state index in [0.29, 0.717) is 11.8 Å². The molecule has 1 aliphatic rings. The monoisotopic (exact) mass is 492 g/mol. The number of anilines is 2. The van der Waals surface area contributed by atoms with Crippen LogP contribution >= 0.6 is 11.3 Å². The van der Waals surface area contributed by atoms with Crippen molar-refractivity contribution in [1.82, 2.24) is 4.98 Å². The van der Waals surface area contributed by atoms with E-state index in [1.165, 1.54) is 44.0 Å². The average molecular weight is 493 g/mol. The van der Waals surface area contributed by atoms with E-state index in [1.807, 2.05) is 0 Å². The summed E-state index contributed by atoms with van der Waals surface area (Å²) in [5.74, 6) is 1.06. The van der Waals surface area contributed by atoms with Crippen LogP contribution < -0.4 is 4.90 Å². The van der Waals surface area contributed by atoms with Gasteiger partial charge in [-0.2, -0.15) is 0 Å². The predicted molar refractivity (Wildman–Crippen MR) is 157 cm³/mol. The third kappa shape index (κ3) is 4.00. The Labute approximate surface area is 220 Å². The maximum Gasteiger partial charge on any atom is 0.124 e. The summed E-state index contributed by atoms with van der Waals surface area (Å²) in [7, 11) is 0. The predicted octanol–water partition coefficient (Wildman–Crippen LogP) is 9.94. The van der Waals surface area contributed by atoms with Crippen molar-refractivity contribution in [3.05, 3.63) is 101 Å². The van der Waals surface area contributed by atoms with Gasteiger partial charge in [-0.05, 0) is 73.4 Å². The number of hydrogen-bond acceptors (Lipinski definition) is 3. The standard InChI is InChI=1S/C33H36N2S/c1-8-28(31-22(3)23(4)33(6,7)24(31)5)35(26-17-13-10-14-18-26)29-20-30-27(19-21(29)2)34-32(36-30)25-15-11-9-12-16-25/h8-20,22-23H,1-7H3/b28-8-/t22-,23?/m1/s1. The smallest absolute Gasteiger partial charge is 0.124 e. The molecule has 3 heteroatoms. The minimum atomic E-state index is 0.173.